The second-order valence-corrected chi connectivity index (χ2v) is 5.48. The summed E-state index contributed by atoms with van der Waals surface area (Å²) in [7, 11) is 0. The molecule has 20 heavy (non-hydrogen) atoms. The van der Waals surface area contributed by atoms with E-state index in [0.717, 1.165) is 25.7 Å². The molecule has 0 bridgehead atoms. The van der Waals surface area contributed by atoms with Gasteiger partial charge in [-0.05, 0) is 44.4 Å². The van der Waals surface area contributed by atoms with Crippen molar-refractivity contribution in [2.45, 2.75) is 45.6 Å². The van der Waals surface area contributed by atoms with Crippen LogP contribution >= 0.6 is 0 Å². The summed E-state index contributed by atoms with van der Waals surface area (Å²) in [4.78, 5) is 23.9. The van der Waals surface area contributed by atoms with Crippen LogP contribution in [0.3, 0.4) is 0 Å². The van der Waals surface area contributed by atoms with Crippen molar-refractivity contribution in [2.24, 2.45) is 5.92 Å². The van der Waals surface area contributed by atoms with Crippen molar-refractivity contribution in [2.75, 3.05) is 5.32 Å². The van der Waals surface area contributed by atoms with Gasteiger partial charge in [0.15, 0.2) is 0 Å². The van der Waals surface area contributed by atoms with Crippen molar-refractivity contribution in [3.8, 4) is 0 Å². The Morgan fingerprint density at radius 2 is 2.10 bits per heavy atom. The van der Waals surface area contributed by atoms with Crippen LogP contribution in [-0.4, -0.2) is 17.9 Å². The van der Waals surface area contributed by atoms with Crippen LogP contribution < -0.4 is 10.6 Å². The lowest BCUT2D eigenvalue weighted by molar-refractivity contribution is -0.122. The summed E-state index contributed by atoms with van der Waals surface area (Å²) < 4.78 is 0. The van der Waals surface area contributed by atoms with Gasteiger partial charge in [-0.2, -0.15) is 0 Å². The van der Waals surface area contributed by atoms with Crippen molar-refractivity contribution in [1.82, 2.24) is 5.32 Å². The van der Waals surface area contributed by atoms with E-state index in [2.05, 4.69) is 10.6 Å². The van der Waals surface area contributed by atoms with Crippen molar-refractivity contribution in [1.29, 1.82) is 0 Å². The highest BCUT2D eigenvalue weighted by Gasteiger charge is 2.25. The van der Waals surface area contributed by atoms with Crippen LogP contribution in [0, 0.1) is 5.92 Å². The van der Waals surface area contributed by atoms with Crippen molar-refractivity contribution in [3.63, 3.8) is 0 Å². The molecule has 1 aliphatic carbocycles. The number of hydrogen-bond acceptors (Lipinski definition) is 2. The molecule has 0 heterocycles. The summed E-state index contributed by atoms with van der Waals surface area (Å²) in [6, 6.07) is 7.25. The molecule has 2 N–H and O–H groups in total. The Balaban J connectivity index is 1.99. The molecule has 0 aliphatic heterocycles. The summed E-state index contributed by atoms with van der Waals surface area (Å²) in [5, 5.41) is 5.81. The normalized spacial score (nSPS) is 16.1. The Labute approximate surface area is 119 Å². The largest absolute Gasteiger partial charge is 0.350 e. The predicted octanol–water partition coefficient (Wildman–Crippen LogP) is 2.95. The van der Waals surface area contributed by atoms with Gasteiger partial charge in [-0.3, -0.25) is 9.59 Å². The van der Waals surface area contributed by atoms with E-state index in [-0.39, 0.29) is 23.8 Å². The fourth-order valence-corrected chi connectivity index (χ4v) is 2.06. The lowest BCUT2D eigenvalue weighted by Gasteiger charge is -2.24. The topological polar surface area (TPSA) is 58.2 Å². The molecule has 0 saturated heterocycles. The SMILES string of the molecule is CCC(C)NC(=O)c1cccc(NC(=O)C2CCC2)c1. The third kappa shape index (κ3) is 3.59. The standard InChI is InChI=1S/C16H22N2O2/c1-3-11(2)17-16(20)13-8-5-9-14(10-13)18-15(19)12-6-4-7-12/h5,8-12H,3-4,6-7H2,1-2H3,(H,17,20)(H,18,19). The number of carbonyl (C=O) groups is 2. The summed E-state index contributed by atoms with van der Waals surface area (Å²) in [5.41, 5.74) is 1.27. The van der Waals surface area contributed by atoms with E-state index < -0.39 is 0 Å². The molecule has 1 fully saturated rings. The third-order valence-electron chi connectivity index (χ3n) is 3.86. The van der Waals surface area contributed by atoms with Crippen LogP contribution in [-0.2, 0) is 4.79 Å². The van der Waals surface area contributed by atoms with Crippen molar-refractivity contribution >= 4 is 17.5 Å². The van der Waals surface area contributed by atoms with Crippen molar-refractivity contribution < 1.29 is 9.59 Å². The first-order valence-electron chi connectivity index (χ1n) is 7.32. The molecule has 1 atom stereocenters. The smallest absolute Gasteiger partial charge is 0.251 e. The molecular formula is C16H22N2O2. The second-order valence-electron chi connectivity index (χ2n) is 5.48. The fourth-order valence-electron chi connectivity index (χ4n) is 2.06. The molecule has 0 aromatic heterocycles. The summed E-state index contributed by atoms with van der Waals surface area (Å²) in [5.74, 6) is 0.113. The van der Waals surface area contributed by atoms with Crippen LogP contribution in [0.25, 0.3) is 0 Å². The molecule has 0 spiro atoms. The van der Waals surface area contributed by atoms with E-state index in [4.69, 9.17) is 0 Å². The van der Waals surface area contributed by atoms with Gasteiger partial charge >= 0.3 is 0 Å². The maximum Gasteiger partial charge on any atom is 0.251 e. The number of hydrogen-bond donors (Lipinski definition) is 2. The van der Waals surface area contributed by atoms with Gasteiger partial charge in [-0.25, -0.2) is 0 Å². The lowest BCUT2D eigenvalue weighted by Crippen LogP contribution is -2.32. The van der Waals surface area contributed by atoms with Gasteiger partial charge in [0.05, 0.1) is 0 Å². The van der Waals surface area contributed by atoms with E-state index in [1.54, 1.807) is 18.2 Å². The zero-order valence-electron chi connectivity index (χ0n) is 12.1. The maximum atomic E-state index is 12.0. The number of benzene rings is 1. The number of rotatable bonds is 5. The molecule has 1 aromatic carbocycles. The molecule has 1 aromatic rings. The van der Waals surface area contributed by atoms with Crippen LogP contribution in [0.1, 0.15) is 49.9 Å². The predicted molar refractivity (Wildman–Crippen MR) is 79.6 cm³/mol. The number of amides is 2. The van der Waals surface area contributed by atoms with E-state index in [0.29, 0.717) is 11.3 Å². The van der Waals surface area contributed by atoms with E-state index >= 15 is 0 Å². The highest BCUT2D eigenvalue weighted by molar-refractivity contribution is 5.97. The maximum absolute atomic E-state index is 12.0. The van der Waals surface area contributed by atoms with Gasteiger partial charge in [-0.1, -0.05) is 19.4 Å². The number of anilines is 1. The Hall–Kier alpha value is -1.84. The average Bonchev–Trinajstić information content (AvgIpc) is 2.36. The van der Waals surface area contributed by atoms with Gasteiger partial charge < -0.3 is 10.6 Å². The van der Waals surface area contributed by atoms with Crippen LogP contribution in [0.4, 0.5) is 5.69 Å². The van der Waals surface area contributed by atoms with Gasteiger partial charge in [-0.15, -0.1) is 0 Å². The molecule has 1 unspecified atom stereocenters. The Kier molecular flexibility index (Phi) is 4.77. The monoisotopic (exact) mass is 274 g/mol. The van der Waals surface area contributed by atoms with E-state index in [1.165, 1.54) is 0 Å². The molecule has 4 heteroatoms. The minimum absolute atomic E-state index is 0.0655. The molecule has 2 rings (SSSR count). The molecule has 108 valence electrons. The van der Waals surface area contributed by atoms with Crippen LogP contribution in [0.5, 0.6) is 0 Å². The molecule has 1 saturated carbocycles. The molecule has 2 amide bonds. The highest BCUT2D eigenvalue weighted by Crippen LogP contribution is 2.27. The Morgan fingerprint density at radius 1 is 1.35 bits per heavy atom. The third-order valence-corrected chi connectivity index (χ3v) is 3.86. The second kappa shape index (κ2) is 6.55. The minimum atomic E-state index is -0.0981. The van der Waals surface area contributed by atoms with E-state index in [9.17, 15) is 9.59 Å². The van der Waals surface area contributed by atoms with Gasteiger partial charge in [0.25, 0.3) is 5.91 Å². The lowest BCUT2D eigenvalue weighted by atomic mass is 9.85. The van der Waals surface area contributed by atoms with E-state index in [1.807, 2.05) is 19.9 Å². The number of carbonyl (C=O) groups excluding carboxylic acids is 2. The first-order valence-corrected chi connectivity index (χ1v) is 7.32. The molecule has 1 aliphatic rings. The molecule has 4 nitrogen and oxygen atoms in total. The average molecular weight is 274 g/mol. The number of nitrogens with one attached hydrogen (secondary N) is 2. The summed E-state index contributed by atoms with van der Waals surface area (Å²) in [6.45, 7) is 4.00. The van der Waals surface area contributed by atoms with Crippen LogP contribution in [0.2, 0.25) is 0 Å². The molecule has 0 radical (unpaired) electrons. The first kappa shape index (κ1) is 14.6. The molecular weight excluding hydrogens is 252 g/mol. The van der Waals surface area contributed by atoms with Gasteiger partial charge in [0.2, 0.25) is 5.91 Å². The Bertz CT molecular complexity index is 495. The first-order chi connectivity index (χ1) is 9.60. The van der Waals surface area contributed by atoms with Crippen LogP contribution in [0.15, 0.2) is 24.3 Å². The zero-order valence-corrected chi connectivity index (χ0v) is 12.1. The van der Waals surface area contributed by atoms with Gasteiger partial charge in [0, 0.05) is 23.2 Å². The summed E-state index contributed by atoms with van der Waals surface area (Å²) >= 11 is 0. The quantitative estimate of drug-likeness (QED) is 0.867. The zero-order chi connectivity index (χ0) is 14.5. The summed E-state index contributed by atoms with van der Waals surface area (Å²) in [6.07, 6.45) is 3.97. The minimum Gasteiger partial charge on any atom is -0.350 e. The fraction of sp³-hybridized carbons (Fsp3) is 0.500. The van der Waals surface area contributed by atoms with Gasteiger partial charge in [0.1, 0.15) is 0 Å². The Morgan fingerprint density at radius 3 is 2.70 bits per heavy atom. The highest BCUT2D eigenvalue weighted by atomic mass is 16.2. The van der Waals surface area contributed by atoms with Crippen molar-refractivity contribution in [3.05, 3.63) is 29.8 Å².